The van der Waals surface area contributed by atoms with Crippen LogP contribution in [0.15, 0.2) is 0 Å². The van der Waals surface area contributed by atoms with E-state index in [1.54, 1.807) is 4.31 Å². The van der Waals surface area contributed by atoms with Gasteiger partial charge in [0, 0.05) is 19.0 Å². The molecule has 1 atom stereocenters. The number of sulfonamides is 1. The van der Waals surface area contributed by atoms with E-state index in [1.165, 1.54) is 0 Å². The Morgan fingerprint density at radius 1 is 1.40 bits per heavy atom. The van der Waals surface area contributed by atoms with Crippen molar-refractivity contribution in [2.45, 2.75) is 32.6 Å². The van der Waals surface area contributed by atoms with Crippen LogP contribution in [0.5, 0.6) is 0 Å². The average molecular weight is 254 g/mol. The number of halogens is 1. The predicted molar refractivity (Wildman–Crippen MR) is 63.7 cm³/mol. The van der Waals surface area contributed by atoms with Crippen LogP contribution in [0.1, 0.15) is 32.6 Å². The van der Waals surface area contributed by atoms with Crippen molar-refractivity contribution >= 4 is 21.6 Å². The first-order chi connectivity index (χ1) is 7.06. The van der Waals surface area contributed by atoms with Gasteiger partial charge in [0.15, 0.2) is 0 Å². The second kappa shape index (κ2) is 6.06. The summed E-state index contributed by atoms with van der Waals surface area (Å²) in [6.45, 7) is 3.51. The normalized spacial score (nSPS) is 24.3. The number of unbranched alkanes of at least 4 members (excludes halogenated alkanes) is 1. The van der Waals surface area contributed by atoms with E-state index < -0.39 is 10.0 Å². The highest BCUT2D eigenvalue weighted by atomic mass is 35.5. The van der Waals surface area contributed by atoms with Gasteiger partial charge in [0.05, 0.1) is 5.75 Å². The van der Waals surface area contributed by atoms with Crippen molar-refractivity contribution < 1.29 is 8.42 Å². The van der Waals surface area contributed by atoms with Crippen molar-refractivity contribution in [2.75, 3.05) is 24.7 Å². The number of rotatable bonds is 5. The van der Waals surface area contributed by atoms with E-state index in [0.29, 0.717) is 31.3 Å². The molecule has 0 aliphatic carbocycles. The van der Waals surface area contributed by atoms with Gasteiger partial charge in [-0.1, -0.05) is 6.92 Å². The Balaban J connectivity index is 2.45. The maximum Gasteiger partial charge on any atom is 0.214 e. The molecule has 1 aliphatic heterocycles. The number of piperidine rings is 1. The fourth-order valence-corrected chi connectivity index (χ4v) is 3.81. The first-order valence-corrected chi connectivity index (χ1v) is 7.74. The lowest BCUT2D eigenvalue weighted by molar-refractivity contribution is 0.281. The molecular weight excluding hydrogens is 234 g/mol. The predicted octanol–water partition coefficient (Wildman–Crippen LogP) is 2.07. The Hall–Kier alpha value is 0.200. The number of hydrogen-bond donors (Lipinski definition) is 0. The van der Waals surface area contributed by atoms with Gasteiger partial charge in [-0.25, -0.2) is 12.7 Å². The van der Waals surface area contributed by atoms with Crippen LogP contribution in [-0.4, -0.2) is 37.4 Å². The van der Waals surface area contributed by atoms with Gasteiger partial charge >= 0.3 is 0 Å². The molecule has 0 radical (unpaired) electrons. The third-order valence-electron chi connectivity index (χ3n) is 2.80. The summed E-state index contributed by atoms with van der Waals surface area (Å²) in [5, 5.41) is 0. The second-order valence-electron chi connectivity index (χ2n) is 4.32. The molecule has 1 rings (SSSR count). The lowest BCUT2D eigenvalue weighted by Gasteiger charge is -2.30. The Kier molecular flexibility index (Phi) is 5.36. The summed E-state index contributed by atoms with van der Waals surface area (Å²) in [6, 6.07) is 0. The van der Waals surface area contributed by atoms with Crippen molar-refractivity contribution in [1.29, 1.82) is 0 Å². The number of nitrogens with zero attached hydrogens (tertiary/aromatic N) is 1. The van der Waals surface area contributed by atoms with Crippen LogP contribution >= 0.6 is 11.6 Å². The first kappa shape index (κ1) is 13.3. The molecule has 0 amide bonds. The molecule has 0 spiro atoms. The molecule has 1 saturated heterocycles. The van der Waals surface area contributed by atoms with E-state index in [1.807, 2.05) is 0 Å². The Morgan fingerprint density at radius 3 is 2.73 bits per heavy atom. The smallest absolute Gasteiger partial charge is 0.212 e. The first-order valence-electron chi connectivity index (χ1n) is 5.60. The highest BCUT2D eigenvalue weighted by Gasteiger charge is 2.26. The average Bonchev–Trinajstić information content (AvgIpc) is 2.18. The Bertz CT molecular complexity index is 279. The second-order valence-corrected chi connectivity index (χ2v) is 6.78. The summed E-state index contributed by atoms with van der Waals surface area (Å²) in [7, 11) is -3.01. The standard InChI is InChI=1S/C10H20ClNO2S/c1-10-5-4-7-12(9-10)15(13,14)8-3-2-6-11/h10H,2-9H2,1H3. The van der Waals surface area contributed by atoms with Crippen molar-refractivity contribution in [2.24, 2.45) is 5.92 Å². The van der Waals surface area contributed by atoms with Crippen LogP contribution in [0.3, 0.4) is 0 Å². The lowest BCUT2D eigenvalue weighted by Crippen LogP contribution is -2.40. The van der Waals surface area contributed by atoms with Gasteiger partial charge in [-0.15, -0.1) is 11.6 Å². The highest BCUT2D eigenvalue weighted by Crippen LogP contribution is 2.19. The Labute approximate surface area is 97.8 Å². The summed E-state index contributed by atoms with van der Waals surface area (Å²) in [4.78, 5) is 0. The summed E-state index contributed by atoms with van der Waals surface area (Å²) in [5.41, 5.74) is 0. The van der Waals surface area contributed by atoms with Gasteiger partial charge in [0.2, 0.25) is 10.0 Å². The molecule has 1 heterocycles. The van der Waals surface area contributed by atoms with Gasteiger partial charge in [-0.3, -0.25) is 0 Å². The van der Waals surface area contributed by atoms with Crippen molar-refractivity contribution in [3.8, 4) is 0 Å². The van der Waals surface area contributed by atoms with Crippen LogP contribution in [0, 0.1) is 5.92 Å². The van der Waals surface area contributed by atoms with Crippen LogP contribution in [0.2, 0.25) is 0 Å². The van der Waals surface area contributed by atoms with Crippen LogP contribution in [-0.2, 0) is 10.0 Å². The van der Waals surface area contributed by atoms with E-state index in [2.05, 4.69) is 6.92 Å². The fourth-order valence-electron chi connectivity index (χ4n) is 1.91. The van der Waals surface area contributed by atoms with Gasteiger partial charge in [0.1, 0.15) is 0 Å². The summed E-state index contributed by atoms with van der Waals surface area (Å²) >= 11 is 5.53. The molecule has 1 aliphatic rings. The number of hydrogen-bond acceptors (Lipinski definition) is 2. The van der Waals surface area contributed by atoms with E-state index in [9.17, 15) is 8.42 Å². The maximum atomic E-state index is 11.9. The van der Waals surface area contributed by atoms with Crippen molar-refractivity contribution in [3.05, 3.63) is 0 Å². The molecule has 90 valence electrons. The zero-order valence-corrected chi connectivity index (χ0v) is 10.9. The molecule has 5 heteroatoms. The van der Waals surface area contributed by atoms with E-state index in [0.717, 1.165) is 19.3 Å². The molecular formula is C10H20ClNO2S. The fraction of sp³-hybridized carbons (Fsp3) is 1.00. The minimum atomic E-state index is -3.01. The molecule has 3 nitrogen and oxygen atoms in total. The monoisotopic (exact) mass is 253 g/mol. The maximum absolute atomic E-state index is 11.9. The van der Waals surface area contributed by atoms with Crippen LogP contribution in [0.25, 0.3) is 0 Å². The molecule has 0 aromatic heterocycles. The number of alkyl halides is 1. The molecule has 0 aromatic carbocycles. The van der Waals surface area contributed by atoms with Gasteiger partial charge in [0.25, 0.3) is 0 Å². The van der Waals surface area contributed by atoms with Crippen LogP contribution < -0.4 is 0 Å². The minimum absolute atomic E-state index is 0.256. The van der Waals surface area contributed by atoms with Crippen molar-refractivity contribution in [3.63, 3.8) is 0 Å². The molecule has 0 saturated carbocycles. The largest absolute Gasteiger partial charge is 0.214 e. The molecule has 0 aromatic rings. The molecule has 1 fully saturated rings. The minimum Gasteiger partial charge on any atom is -0.212 e. The SMILES string of the molecule is CC1CCCN(S(=O)(=O)CCCCCl)C1. The summed E-state index contributed by atoms with van der Waals surface area (Å²) < 4.78 is 25.4. The van der Waals surface area contributed by atoms with Gasteiger partial charge < -0.3 is 0 Å². The summed E-state index contributed by atoms with van der Waals surface area (Å²) in [6.07, 6.45) is 3.60. The lowest BCUT2D eigenvalue weighted by atomic mass is 10.0. The summed E-state index contributed by atoms with van der Waals surface area (Å²) in [5.74, 6) is 1.31. The topological polar surface area (TPSA) is 37.4 Å². The quantitative estimate of drug-likeness (QED) is 0.556. The zero-order chi connectivity index (χ0) is 11.3. The van der Waals surface area contributed by atoms with Gasteiger partial charge in [-0.2, -0.15) is 0 Å². The molecule has 1 unspecified atom stereocenters. The van der Waals surface area contributed by atoms with Crippen LogP contribution in [0.4, 0.5) is 0 Å². The van der Waals surface area contributed by atoms with E-state index in [-0.39, 0.29) is 5.75 Å². The van der Waals surface area contributed by atoms with Crippen molar-refractivity contribution in [1.82, 2.24) is 4.31 Å². The highest BCUT2D eigenvalue weighted by molar-refractivity contribution is 7.89. The zero-order valence-electron chi connectivity index (χ0n) is 9.28. The third-order valence-corrected chi connectivity index (χ3v) is 4.99. The third kappa shape index (κ3) is 4.29. The molecule has 0 N–H and O–H groups in total. The van der Waals surface area contributed by atoms with E-state index in [4.69, 9.17) is 11.6 Å². The van der Waals surface area contributed by atoms with E-state index >= 15 is 0 Å². The molecule has 15 heavy (non-hydrogen) atoms. The van der Waals surface area contributed by atoms with Gasteiger partial charge in [-0.05, 0) is 31.6 Å². The molecule has 0 bridgehead atoms. The Morgan fingerprint density at radius 2 is 2.13 bits per heavy atom.